The molecule has 0 unspecified atom stereocenters. The number of thioether (sulfide) groups is 3. The van der Waals surface area contributed by atoms with Crippen LogP contribution in [0.25, 0.3) is 5.57 Å². The van der Waals surface area contributed by atoms with Gasteiger partial charge in [0.1, 0.15) is 24.5 Å². The summed E-state index contributed by atoms with van der Waals surface area (Å²) >= 11 is 2.69. The van der Waals surface area contributed by atoms with Crippen LogP contribution < -0.4 is 9.64 Å². The van der Waals surface area contributed by atoms with Crippen LogP contribution in [0.15, 0.2) is 73.7 Å². The highest BCUT2D eigenvalue weighted by molar-refractivity contribution is 8.26. The maximum Gasteiger partial charge on any atom is 0.345 e. The summed E-state index contributed by atoms with van der Waals surface area (Å²) in [5.74, 6) is -3.27. The summed E-state index contributed by atoms with van der Waals surface area (Å²) in [6.45, 7) is 5.81. The van der Waals surface area contributed by atoms with Gasteiger partial charge in [-0.05, 0) is 51.1 Å². The third kappa shape index (κ3) is 5.51. The summed E-state index contributed by atoms with van der Waals surface area (Å²) in [5.41, 5.74) is 0.515. The van der Waals surface area contributed by atoms with E-state index in [0.29, 0.717) is 39.6 Å². The molecule has 3 aliphatic heterocycles. The smallest absolute Gasteiger partial charge is 0.345 e. The molecule has 0 aromatic heterocycles. The lowest BCUT2D eigenvalue weighted by Crippen LogP contribution is -2.53. The number of benzene rings is 2. The Morgan fingerprint density at radius 2 is 1.30 bits per heavy atom. The van der Waals surface area contributed by atoms with E-state index >= 15 is 0 Å². The third-order valence-corrected chi connectivity index (χ3v) is 12.3. The van der Waals surface area contributed by atoms with Crippen molar-refractivity contribution in [1.29, 1.82) is 0 Å². The number of amides is 1. The van der Waals surface area contributed by atoms with Crippen molar-refractivity contribution in [2.75, 3.05) is 39.9 Å². The Morgan fingerprint density at radius 3 is 1.83 bits per heavy atom. The minimum Gasteiger partial charge on any atom is -0.494 e. The van der Waals surface area contributed by atoms with Crippen LogP contribution in [-0.2, 0) is 38.1 Å². The second-order valence-corrected chi connectivity index (χ2v) is 14.4. The first-order valence-electron chi connectivity index (χ1n) is 14.2. The van der Waals surface area contributed by atoms with E-state index < -0.39 is 33.5 Å². The van der Waals surface area contributed by atoms with E-state index in [2.05, 4.69) is 0 Å². The van der Waals surface area contributed by atoms with Crippen molar-refractivity contribution in [3.05, 3.63) is 84.9 Å². The van der Waals surface area contributed by atoms with E-state index in [1.807, 2.05) is 26.8 Å². The van der Waals surface area contributed by atoms with Crippen molar-refractivity contribution in [2.24, 2.45) is 0 Å². The van der Waals surface area contributed by atoms with Gasteiger partial charge < -0.3 is 23.7 Å². The van der Waals surface area contributed by atoms with Crippen LogP contribution in [0, 0.1) is 0 Å². The van der Waals surface area contributed by atoms with Gasteiger partial charge in [-0.2, -0.15) is 0 Å². The average molecular weight is 698 g/mol. The number of hydrogen-bond acceptors (Lipinski definition) is 13. The van der Waals surface area contributed by atoms with Crippen molar-refractivity contribution in [2.45, 2.75) is 30.4 Å². The van der Waals surface area contributed by atoms with Gasteiger partial charge in [0.2, 0.25) is 0 Å². The molecule has 14 heteroatoms. The summed E-state index contributed by atoms with van der Waals surface area (Å²) in [6.07, 6.45) is 0. The van der Waals surface area contributed by atoms with Crippen LogP contribution in [0.1, 0.15) is 36.7 Å². The highest BCUT2D eigenvalue weighted by Gasteiger charge is 2.62. The van der Waals surface area contributed by atoms with Crippen molar-refractivity contribution < 1.29 is 47.7 Å². The van der Waals surface area contributed by atoms with Crippen molar-refractivity contribution in [1.82, 2.24) is 0 Å². The molecule has 0 saturated heterocycles. The van der Waals surface area contributed by atoms with Gasteiger partial charge in [-0.1, -0.05) is 53.5 Å². The molecule has 2 aromatic carbocycles. The van der Waals surface area contributed by atoms with Gasteiger partial charge in [0, 0.05) is 21.6 Å². The summed E-state index contributed by atoms with van der Waals surface area (Å²) in [5, 5.41) is 0. The van der Waals surface area contributed by atoms with Gasteiger partial charge >= 0.3 is 23.9 Å². The van der Waals surface area contributed by atoms with Crippen LogP contribution in [0.5, 0.6) is 5.75 Å². The fourth-order valence-electron chi connectivity index (χ4n) is 5.63. The van der Waals surface area contributed by atoms with Gasteiger partial charge in [-0.15, -0.1) is 0 Å². The number of rotatable bonds is 7. The lowest BCUT2D eigenvalue weighted by atomic mass is 9.83. The Morgan fingerprint density at radius 1 is 0.745 bits per heavy atom. The molecule has 0 aliphatic carbocycles. The number of anilines is 1. The van der Waals surface area contributed by atoms with Gasteiger partial charge in [0.15, 0.2) is 0 Å². The first-order chi connectivity index (χ1) is 22.4. The molecule has 1 spiro atoms. The van der Waals surface area contributed by atoms with Gasteiger partial charge in [-0.3, -0.25) is 9.69 Å². The first kappa shape index (κ1) is 34.2. The number of fused-ring (bicyclic) bond motifs is 3. The first-order valence-corrected chi connectivity index (χ1v) is 16.7. The maximum atomic E-state index is 14.4. The molecule has 11 nitrogen and oxygen atoms in total. The van der Waals surface area contributed by atoms with Crippen LogP contribution in [0.3, 0.4) is 0 Å². The number of hydrogen-bond donors (Lipinski definition) is 0. The molecule has 5 rings (SSSR count). The molecule has 0 radical (unpaired) electrons. The fourth-order valence-corrected chi connectivity index (χ4v) is 10.7. The lowest BCUT2D eigenvalue weighted by Gasteiger charge is -2.50. The summed E-state index contributed by atoms with van der Waals surface area (Å²) in [7, 11) is 4.67. The van der Waals surface area contributed by atoms with E-state index in [-0.39, 0.29) is 26.2 Å². The predicted molar refractivity (Wildman–Crippen MR) is 179 cm³/mol. The standard InChI is InChI=1S/C33H31NO10S3/c1-8-44-18-14-15-20-19(16-18)21-26(32(2,3)34(20)27(35)17-12-10-9-11-13-17)45-23(29(37)41-5)22(28(36)40-4)33(21)46-24(30(38)42-6)25(47-33)31(39)43-7/h9-16H,8H2,1-7H3. The number of methoxy groups -OCH3 is 4. The quantitative estimate of drug-likeness (QED) is 0.273. The van der Waals surface area contributed by atoms with Crippen molar-refractivity contribution in [3.8, 4) is 5.75 Å². The fraction of sp³-hybridized carbons (Fsp3) is 0.303. The lowest BCUT2D eigenvalue weighted by molar-refractivity contribution is -0.138. The zero-order chi connectivity index (χ0) is 34.3. The molecule has 0 N–H and O–H groups in total. The second-order valence-electron chi connectivity index (χ2n) is 10.6. The highest BCUT2D eigenvalue weighted by atomic mass is 32.2. The van der Waals surface area contributed by atoms with Crippen molar-refractivity contribution in [3.63, 3.8) is 0 Å². The van der Waals surface area contributed by atoms with Gasteiger partial charge in [-0.25, -0.2) is 19.2 Å². The SMILES string of the molecule is CCOc1ccc2c(c1)C1=C(SC(C(=O)OC)=C(C(=O)OC)C13SC(C(=O)OC)=C(C(=O)OC)S3)C(C)(C)N2C(=O)c1ccccc1. The molecule has 47 heavy (non-hydrogen) atoms. The topological polar surface area (TPSA) is 135 Å². The molecule has 0 saturated carbocycles. The molecular weight excluding hydrogens is 667 g/mol. The average Bonchev–Trinajstić information content (AvgIpc) is 3.47. The molecular formula is C33H31NO10S3. The number of esters is 4. The highest BCUT2D eigenvalue weighted by Crippen LogP contribution is 2.71. The minimum absolute atomic E-state index is 0.127. The number of nitrogens with zero attached hydrogens (tertiary/aromatic N) is 1. The summed E-state index contributed by atoms with van der Waals surface area (Å²) in [6, 6.07) is 14.0. The molecule has 1 amide bonds. The molecule has 3 aliphatic rings. The molecule has 2 aromatic rings. The van der Waals surface area contributed by atoms with Gasteiger partial charge in [0.25, 0.3) is 5.91 Å². The van der Waals surface area contributed by atoms with E-state index in [0.717, 1.165) is 35.3 Å². The van der Waals surface area contributed by atoms with Crippen molar-refractivity contribution >= 4 is 76.3 Å². The van der Waals surface area contributed by atoms with Crippen LogP contribution in [-0.4, -0.2) is 74.4 Å². The number of carbonyl (C=O) groups is 5. The Bertz CT molecular complexity index is 1770. The molecule has 246 valence electrons. The largest absolute Gasteiger partial charge is 0.494 e. The maximum absolute atomic E-state index is 14.4. The number of ether oxygens (including phenoxy) is 5. The third-order valence-electron chi connectivity index (χ3n) is 7.64. The minimum atomic E-state index is -1.69. The zero-order valence-electron chi connectivity index (χ0n) is 26.6. The van der Waals surface area contributed by atoms with E-state index in [1.54, 1.807) is 47.4 Å². The molecule has 3 heterocycles. The second kappa shape index (κ2) is 13.2. The van der Waals surface area contributed by atoms with Crippen LogP contribution >= 0.6 is 35.3 Å². The Balaban J connectivity index is 1.91. The van der Waals surface area contributed by atoms with E-state index in [9.17, 15) is 24.0 Å². The van der Waals surface area contributed by atoms with Crippen LogP contribution in [0.4, 0.5) is 5.69 Å². The number of carbonyl (C=O) groups excluding carboxylic acids is 5. The predicted octanol–water partition coefficient (Wildman–Crippen LogP) is 5.32. The molecule has 0 bridgehead atoms. The zero-order valence-corrected chi connectivity index (χ0v) is 29.0. The molecule has 0 atom stereocenters. The summed E-state index contributed by atoms with van der Waals surface area (Å²) in [4.78, 5) is 69.9. The normalized spacial score (nSPS) is 17.6. The monoisotopic (exact) mass is 697 g/mol. The van der Waals surface area contributed by atoms with E-state index in [4.69, 9.17) is 23.7 Å². The Labute approximate surface area is 284 Å². The van der Waals surface area contributed by atoms with Crippen LogP contribution in [0.2, 0.25) is 0 Å². The molecule has 0 fully saturated rings. The Kier molecular flexibility index (Phi) is 9.58. The summed E-state index contributed by atoms with van der Waals surface area (Å²) < 4.78 is 24.7. The Hall–Kier alpha value is -4.14. The van der Waals surface area contributed by atoms with Gasteiger partial charge in [0.05, 0.1) is 51.8 Å². The van der Waals surface area contributed by atoms with E-state index in [1.165, 1.54) is 28.4 Å².